The molecule has 0 atom stereocenters. The molecule has 1 heterocycles. The number of rotatable bonds is 3. The predicted molar refractivity (Wildman–Crippen MR) is 118 cm³/mol. The minimum atomic E-state index is 0.629. The molecular formula is C24H27NOS. The van der Waals surface area contributed by atoms with Gasteiger partial charge in [0.25, 0.3) is 0 Å². The second-order valence-electron chi connectivity index (χ2n) is 5.79. The van der Waals surface area contributed by atoms with E-state index in [1.54, 1.807) is 11.3 Å². The van der Waals surface area contributed by atoms with Crippen molar-refractivity contribution in [2.45, 2.75) is 34.3 Å². The van der Waals surface area contributed by atoms with Crippen LogP contribution in [0.4, 0.5) is 0 Å². The number of nitrogens with zero attached hydrogens (tertiary/aromatic N) is 1. The van der Waals surface area contributed by atoms with Crippen molar-refractivity contribution in [1.29, 1.82) is 0 Å². The molecule has 0 saturated carbocycles. The maximum absolute atomic E-state index is 5.65. The Balaban J connectivity index is 0.000000189. The van der Waals surface area contributed by atoms with Crippen LogP contribution >= 0.6 is 11.3 Å². The van der Waals surface area contributed by atoms with Crippen molar-refractivity contribution < 1.29 is 4.74 Å². The van der Waals surface area contributed by atoms with Gasteiger partial charge in [-0.1, -0.05) is 74.0 Å². The van der Waals surface area contributed by atoms with Gasteiger partial charge in [0.1, 0.15) is 12.4 Å². The fraction of sp³-hybridized carbons (Fsp3) is 0.208. The molecule has 0 radical (unpaired) electrons. The van der Waals surface area contributed by atoms with Crippen LogP contribution in [0.3, 0.4) is 0 Å². The number of aryl methyl sites for hydroxylation is 2. The van der Waals surface area contributed by atoms with Gasteiger partial charge in [0.15, 0.2) is 0 Å². The molecule has 0 saturated heterocycles. The first-order valence-corrected chi connectivity index (χ1v) is 10.1. The number of fused-ring (bicyclic) bond motifs is 1. The molecule has 0 aliphatic heterocycles. The number of thiazole rings is 1. The normalized spacial score (nSPS) is 9.63. The van der Waals surface area contributed by atoms with Crippen LogP contribution in [0.2, 0.25) is 0 Å². The van der Waals surface area contributed by atoms with Crippen LogP contribution in [0.25, 0.3) is 10.2 Å². The molecular weight excluding hydrogens is 350 g/mol. The molecule has 0 aliphatic carbocycles. The smallest absolute Gasteiger partial charge is 0.119 e. The van der Waals surface area contributed by atoms with E-state index in [1.807, 2.05) is 69.3 Å². The third kappa shape index (κ3) is 6.87. The van der Waals surface area contributed by atoms with Gasteiger partial charge in [-0.3, -0.25) is 0 Å². The molecule has 4 rings (SSSR count). The summed E-state index contributed by atoms with van der Waals surface area (Å²) < 4.78 is 6.92. The van der Waals surface area contributed by atoms with Crippen LogP contribution in [0.1, 0.15) is 30.0 Å². The first-order valence-electron chi connectivity index (χ1n) is 9.26. The molecule has 2 nitrogen and oxygen atoms in total. The highest BCUT2D eigenvalue weighted by Gasteiger charge is 1.96. The second-order valence-corrected chi connectivity index (χ2v) is 7.02. The van der Waals surface area contributed by atoms with E-state index in [9.17, 15) is 0 Å². The fourth-order valence-corrected chi connectivity index (χ4v) is 3.19. The summed E-state index contributed by atoms with van der Waals surface area (Å²) in [5.41, 5.74) is 3.56. The van der Waals surface area contributed by atoms with Crippen LogP contribution in [-0.4, -0.2) is 4.98 Å². The molecule has 0 unspecified atom stereocenters. The predicted octanol–water partition coefficient (Wildman–Crippen LogP) is 7.20. The van der Waals surface area contributed by atoms with Crippen molar-refractivity contribution in [3.05, 3.63) is 95.0 Å². The number of hydrogen-bond acceptors (Lipinski definition) is 3. The average Bonchev–Trinajstić information content (AvgIpc) is 3.10. The zero-order valence-corrected chi connectivity index (χ0v) is 17.3. The summed E-state index contributed by atoms with van der Waals surface area (Å²) in [5.74, 6) is 0.921. The van der Waals surface area contributed by atoms with Crippen molar-refractivity contribution in [2.24, 2.45) is 0 Å². The zero-order chi connectivity index (χ0) is 19.5. The molecule has 4 aromatic rings. The number of para-hydroxylation sites is 1. The lowest BCUT2D eigenvalue weighted by molar-refractivity contribution is 0.306. The topological polar surface area (TPSA) is 22.1 Å². The van der Waals surface area contributed by atoms with Crippen molar-refractivity contribution >= 4 is 21.6 Å². The van der Waals surface area contributed by atoms with Crippen molar-refractivity contribution in [3.8, 4) is 5.75 Å². The van der Waals surface area contributed by atoms with E-state index in [2.05, 4.69) is 42.2 Å². The van der Waals surface area contributed by atoms with Crippen LogP contribution in [0, 0.1) is 13.8 Å². The standard InChI is InChI=1S/C14H14O.C8H7NS.C2H6/c1-12-7-9-14(10-8-12)15-11-13-5-3-2-4-6-13;1-6-9-7-4-2-3-5-8(7)10-6;1-2/h2-10H,11H2,1H3;2-5H,1H3;1-2H3. The van der Waals surface area contributed by atoms with Gasteiger partial charge < -0.3 is 4.74 Å². The highest BCUT2D eigenvalue weighted by molar-refractivity contribution is 7.18. The molecule has 0 amide bonds. The van der Waals surface area contributed by atoms with Crippen molar-refractivity contribution in [2.75, 3.05) is 0 Å². The van der Waals surface area contributed by atoms with Crippen molar-refractivity contribution in [1.82, 2.24) is 4.98 Å². The van der Waals surface area contributed by atoms with Crippen LogP contribution < -0.4 is 4.74 Å². The molecule has 27 heavy (non-hydrogen) atoms. The fourth-order valence-electron chi connectivity index (χ4n) is 2.36. The van der Waals surface area contributed by atoms with E-state index < -0.39 is 0 Å². The van der Waals surface area contributed by atoms with Crippen molar-refractivity contribution in [3.63, 3.8) is 0 Å². The number of benzene rings is 3. The molecule has 0 N–H and O–H groups in total. The molecule has 3 heteroatoms. The summed E-state index contributed by atoms with van der Waals surface area (Å²) in [4.78, 5) is 4.33. The van der Waals surface area contributed by atoms with E-state index in [-0.39, 0.29) is 0 Å². The first-order chi connectivity index (χ1) is 13.2. The highest BCUT2D eigenvalue weighted by atomic mass is 32.1. The van der Waals surface area contributed by atoms with Gasteiger partial charge in [0, 0.05) is 0 Å². The molecule has 0 fully saturated rings. The van der Waals surface area contributed by atoms with Gasteiger partial charge in [-0.2, -0.15) is 0 Å². The largest absolute Gasteiger partial charge is 0.489 e. The highest BCUT2D eigenvalue weighted by Crippen LogP contribution is 2.20. The minimum Gasteiger partial charge on any atom is -0.489 e. The quantitative estimate of drug-likeness (QED) is 0.376. The Hall–Kier alpha value is -2.65. The van der Waals surface area contributed by atoms with Gasteiger partial charge in [-0.05, 0) is 43.7 Å². The zero-order valence-electron chi connectivity index (χ0n) is 16.5. The Bertz CT molecular complexity index is 881. The van der Waals surface area contributed by atoms with Gasteiger partial charge >= 0.3 is 0 Å². The van der Waals surface area contributed by atoms with Gasteiger partial charge in [0.2, 0.25) is 0 Å². The lowest BCUT2D eigenvalue weighted by atomic mass is 10.2. The van der Waals surface area contributed by atoms with Crippen LogP contribution in [-0.2, 0) is 6.61 Å². The summed E-state index contributed by atoms with van der Waals surface area (Å²) in [7, 11) is 0. The number of aromatic nitrogens is 1. The SMILES string of the molecule is CC.Cc1ccc(OCc2ccccc2)cc1.Cc1nc2ccccc2s1. The molecule has 0 aliphatic rings. The molecule has 140 valence electrons. The summed E-state index contributed by atoms with van der Waals surface area (Å²) in [6.45, 7) is 8.73. The summed E-state index contributed by atoms with van der Waals surface area (Å²) in [6, 6.07) is 26.5. The van der Waals surface area contributed by atoms with E-state index in [4.69, 9.17) is 4.74 Å². The first kappa shape index (κ1) is 20.7. The Morgan fingerprint density at radius 1 is 0.778 bits per heavy atom. The summed E-state index contributed by atoms with van der Waals surface area (Å²) in [5, 5.41) is 1.14. The monoisotopic (exact) mass is 377 g/mol. The van der Waals surface area contributed by atoms with E-state index in [0.29, 0.717) is 6.61 Å². The molecule has 0 spiro atoms. The van der Waals surface area contributed by atoms with Crippen LogP contribution in [0.15, 0.2) is 78.9 Å². The van der Waals surface area contributed by atoms with Gasteiger partial charge in [0.05, 0.1) is 15.2 Å². The Morgan fingerprint density at radius 2 is 1.41 bits per heavy atom. The molecule has 3 aromatic carbocycles. The van der Waals surface area contributed by atoms with E-state index >= 15 is 0 Å². The third-order valence-electron chi connectivity index (χ3n) is 3.67. The lowest BCUT2D eigenvalue weighted by Gasteiger charge is -2.06. The van der Waals surface area contributed by atoms with Gasteiger partial charge in [-0.15, -0.1) is 11.3 Å². The number of ether oxygens (including phenoxy) is 1. The van der Waals surface area contributed by atoms with E-state index in [1.165, 1.54) is 15.8 Å². The lowest BCUT2D eigenvalue weighted by Crippen LogP contribution is -1.94. The molecule has 1 aromatic heterocycles. The minimum absolute atomic E-state index is 0.629. The van der Waals surface area contributed by atoms with Crippen LogP contribution in [0.5, 0.6) is 5.75 Å². The summed E-state index contributed by atoms with van der Waals surface area (Å²) in [6.07, 6.45) is 0. The Morgan fingerprint density at radius 3 is 2.07 bits per heavy atom. The third-order valence-corrected chi connectivity index (χ3v) is 4.62. The van der Waals surface area contributed by atoms with E-state index in [0.717, 1.165) is 16.3 Å². The maximum Gasteiger partial charge on any atom is 0.119 e. The Labute approximate surface area is 166 Å². The number of hydrogen-bond donors (Lipinski definition) is 0. The Kier molecular flexibility index (Phi) is 8.53. The maximum atomic E-state index is 5.65. The van der Waals surface area contributed by atoms with Gasteiger partial charge in [-0.25, -0.2) is 4.98 Å². The second kappa shape index (κ2) is 11.1. The summed E-state index contributed by atoms with van der Waals surface area (Å²) >= 11 is 1.74. The molecule has 0 bridgehead atoms. The average molecular weight is 378 g/mol.